The van der Waals surface area contributed by atoms with Crippen LogP contribution in [-0.4, -0.2) is 41.0 Å². The van der Waals surface area contributed by atoms with Crippen molar-refractivity contribution in [3.63, 3.8) is 0 Å². The van der Waals surface area contributed by atoms with Gasteiger partial charge in [0.25, 0.3) is 0 Å². The molecular weight excluding hydrogens is 543 g/mol. The van der Waals surface area contributed by atoms with Crippen LogP contribution in [0.15, 0.2) is 76.7 Å². The third-order valence-corrected chi connectivity index (χ3v) is 6.63. The monoisotopic (exact) mass is 563 g/mol. The van der Waals surface area contributed by atoms with Gasteiger partial charge < -0.3 is 14.2 Å². The van der Waals surface area contributed by atoms with E-state index in [1.54, 1.807) is 49.0 Å². The van der Waals surface area contributed by atoms with Crippen LogP contribution in [0.2, 0.25) is 5.02 Å². The minimum Gasteiger partial charge on any atom is -0.497 e. The van der Waals surface area contributed by atoms with E-state index >= 15 is 0 Å². The number of hydrogen-bond donors (Lipinski definition) is 0. The molecule has 0 atom stereocenters. The number of esters is 1. The predicted octanol–water partition coefficient (Wildman–Crippen LogP) is 6.88. The van der Waals surface area contributed by atoms with Crippen LogP contribution < -0.4 is 9.47 Å². The highest BCUT2D eigenvalue weighted by Crippen LogP contribution is 2.36. The molecule has 0 spiro atoms. The van der Waals surface area contributed by atoms with E-state index < -0.39 is 18.1 Å². The molecule has 0 aliphatic heterocycles. The van der Waals surface area contributed by atoms with E-state index in [1.807, 2.05) is 24.3 Å². The molecule has 0 fully saturated rings. The van der Waals surface area contributed by atoms with Crippen molar-refractivity contribution in [1.82, 2.24) is 15.0 Å². The summed E-state index contributed by atoms with van der Waals surface area (Å²) in [5.74, 6) is -0.360. The highest BCUT2D eigenvalue weighted by molar-refractivity contribution is 7.99. The van der Waals surface area contributed by atoms with Crippen LogP contribution in [0.1, 0.15) is 23.0 Å². The van der Waals surface area contributed by atoms with Gasteiger partial charge in [0.15, 0.2) is 0 Å². The van der Waals surface area contributed by atoms with Crippen molar-refractivity contribution in [3.05, 3.63) is 83.0 Å². The number of carbonyl (C=O) groups is 1. The zero-order valence-corrected chi connectivity index (χ0v) is 21.7. The number of rotatable bonds is 9. The summed E-state index contributed by atoms with van der Waals surface area (Å²) < 4.78 is 54.1. The third kappa shape index (κ3) is 6.78. The highest BCUT2D eigenvalue weighted by Gasteiger charge is 2.32. The van der Waals surface area contributed by atoms with E-state index in [9.17, 15) is 18.0 Å². The summed E-state index contributed by atoms with van der Waals surface area (Å²) in [6.45, 7) is 2.24. The van der Waals surface area contributed by atoms with Crippen LogP contribution in [0, 0.1) is 0 Å². The van der Waals surface area contributed by atoms with E-state index in [0.29, 0.717) is 28.4 Å². The first kappa shape index (κ1) is 27.3. The Morgan fingerprint density at radius 2 is 1.71 bits per heavy atom. The van der Waals surface area contributed by atoms with Gasteiger partial charge in [-0.2, -0.15) is 0 Å². The number of hydrogen-bond acceptors (Lipinski definition) is 7. The minimum absolute atomic E-state index is 0.0843. The summed E-state index contributed by atoms with van der Waals surface area (Å²) in [5, 5.41) is 8.54. The molecule has 0 aliphatic rings. The van der Waals surface area contributed by atoms with Crippen LogP contribution in [0.4, 0.5) is 13.2 Å². The predicted molar refractivity (Wildman–Crippen MR) is 136 cm³/mol. The summed E-state index contributed by atoms with van der Waals surface area (Å²) in [6, 6.07) is 18.6. The minimum atomic E-state index is -4.86. The lowest BCUT2D eigenvalue weighted by Crippen LogP contribution is -2.17. The summed E-state index contributed by atoms with van der Waals surface area (Å²) in [7, 11) is 1.58. The number of methoxy groups -OCH3 is 1. The molecule has 0 radical (unpaired) electrons. The Labute approximate surface area is 225 Å². The number of halogens is 4. The lowest BCUT2D eigenvalue weighted by Gasteiger charge is -2.12. The Balaban J connectivity index is 1.60. The van der Waals surface area contributed by atoms with Crippen LogP contribution in [0.3, 0.4) is 0 Å². The fourth-order valence-electron chi connectivity index (χ4n) is 3.45. The Morgan fingerprint density at radius 1 is 1.03 bits per heavy atom. The summed E-state index contributed by atoms with van der Waals surface area (Å²) in [4.78, 5) is 13.3. The van der Waals surface area contributed by atoms with Gasteiger partial charge in [-0.15, -0.1) is 18.3 Å². The smallest absolute Gasteiger partial charge is 0.497 e. The number of nitrogens with zero attached hydrogens (tertiary/aromatic N) is 3. The van der Waals surface area contributed by atoms with Crippen LogP contribution in [0.25, 0.3) is 11.1 Å². The average Bonchev–Trinajstić information content (AvgIpc) is 3.27. The molecule has 4 aromatic rings. The zero-order valence-electron chi connectivity index (χ0n) is 20.2. The van der Waals surface area contributed by atoms with Gasteiger partial charge in [0.05, 0.1) is 25.3 Å². The normalized spacial score (nSPS) is 11.3. The first-order chi connectivity index (χ1) is 18.2. The van der Waals surface area contributed by atoms with Gasteiger partial charge >= 0.3 is 12.3 Å². The Hall–Kier alpha value is -3.70. The zero-order chi connectivity index (χ0) is 27.3. The fourth-order valence-corrected chi connectivity index (χ4v) is 4.53. The van der Waals surface area contributed by atoms with Gasteiger partial charge in [0.2, 0.25) is 5.69 Å². The first-order valence-corrected chi connectivity index (χ1v) is 12.4. The molecule has 38 heavy (non-hydrogen) atoms. The summed E-state index contributed by atoms with van der Waals surface area (Å²) in [6.07, 6.45) is -4.86. The van der Waals surface area contributed by atoms with Gasteiger partial charge in [-0.1, -0.05) is 58.9 Å². The van der Waals surface area contributed by atoms with Crippen molar-refractivity contribution < 1.29 is 32.2 Å². The molecule has 0 aliphatic carbocycles. The standard InChI is InChI=1S/C26H21ClF3N3O4S/c1-3-36-25(34)23-24(33(32-31-23)15-16-4-9-19(35-2)10-5-16)38-20-11-6-17(7-12-20)18-8-13-21(27)22(14-18)37-26(28,29)30/h4-14H,3,15H2,1-2H3. The molecule has 198 valence electrons. The summed E-state index contributed by atoms with van der Waals surface area (Å²) >= 11 is 7.12. The first-order valence-electron chi connectivity index (χ1n) is 11.2. The molecule has 0 unspecified atom stereocenters. The number of alkyl halides is 3. The van der Waals surface area contributed by atoms with Crippen molar-refractivity contribution in [2.75, 3.05) is 13.7 Å². The summed E-state index contributed by atoms with van der Waals surface area (Å²) in [5.41, 5.74) is 2.14. The van der Waals surface area contributed by atoms with E-state index in [0.717, 1.165) is 10.5 Å². The molecule has 0 saturated heterocycles. The fraction of sp³-hybridized carbons (Fsp3) is 0.192. The number of aromatic nitrogens is 3. The number of ether oxygens (including phenoxy) is 3. The molecule has 12 heteroatoms. The van der Waals surface area contributed by atoms with Crippen molar-refractivity contribution in [1.29, 1.82) is 0 Å². The van der Waals surface area contributed by atoms with Crippen molar-refractivity contribution in [3.8, 4) is 22.6 Å². The van der Waals surface area contributed by atoms with Crippen molar-refractivity contribution in [2.24, 2.45) is 0 Å². The second-order valence-corrected chi connectivity index (χ2v) is 9.26. The Kier molecular flexibility index (Phi) is 8.48. The lowest BCUT2D eigenvalue weighted by molar-refractivity contribution is -0.274. The van der Waals surface area contributed by atoms with Gasteiger partial charge in [0, 0.05) is 4.90 Å². The Bertz CT molecular complexity index is 1410. The molecule has 0 bridgehead atoms. The second-order valence-electron chi connectivity index (χ2n) is 7.79. The maximum atomic E-state index is 12.7. The molecule has 7 nitrogen and oxygen atoms in total. The lowest BCUT2D eigenvalue weighted by atomic mass is 10.1. The molecule has 4 rings (SSSR count). The van der Waals surface area contributed by atoms with Crippen LogP contribution in [-0.2, 0) is 11.3 Å². The SMILES string of the molecule is CCOC(=O)c1nnn(Cc2ccc(OC)cc2)c1Sc1ccc(-c2ccc(Cl)c(OC(F)(F)F)c2)cc1. The third-order valence-electron chi connectivity index (χ3n) is 5.21. The van der Waals surface area contributed by atoms with E-state index in [2.05, 4.69) is 15.0 Å². The van der Waals surface area contributed by atoms with Gasteiger partial charge in [-0.3, -0.25) is 0 Å². The molecular formula is C26H21ClF3N3O4S. The highest BCUT2D eigenvalue weighted by atomic mass is 35.5. The second kappa shape index (κ2) is 11.8. The van der Waals surface area contributed by atoms with Crippen molar-refractivity contribution in [2.45, 2.75) is 29.8 Å². The Morgan fingerprint density at radius 3 is 2.34 bits per heavy atom. The molecule has 0 saturated carbocycles. The van der Waals surface area contributed by atoms with Crippen LogP contribution in [0.5, 0.6) is 11.5 Å². The van der Waals surface area contributed by atoms with E-state index in [1.165, 1.54) is 23.9 Å². The van der Waals surface area contributed by atoms with Gasteiger partial charge in [0.1, 0.15) is 16.5 Å². The molecule has 0 amide bonds. The molecule has 0 N–H and O–H groups in total. The van der Waals surface area contributed by atoms with Crippen molar-refractivity contribution >= 4 is 29.3 Å². The maximum Gasteiger partial charge on any atom is 0.573 e. The quantitative estimate of drug-likeness (QED) is 0.205. The average molecular weight is 564 g/mol. The topological polar surface area (TPSA) is 75.5 Å². The number of carbonyl (C=O) groups excluding carboxylic acids is 1. The van der Waals surface area contributed by atoms with Gasteiger partial charge in [-0.25, -0.2) is 9.48 Å². The maximum absolute atomic E-state index is 12.7. The largest absolute Gasteiger partial charge is 0.573 e. The molecule has 1 aromatic heterocycles. The van der Waals surface area contributed by atoms with Crippen LogP contribution >= 0.6 is 23.4 Å². The molecule has 3 aromatic carbocycles. The van der Waals surface area contributed by atoms with E-state index in [4.69, 9.17) is 21.1 Å². The van der Waals surface area contributed by atoms with Gasteiger partial charge in [-0.05, 0) is 60.0 Å². The van der Waals surface area contributed by atoms with E-state index in [-0.39, 0.29) is 17.3 Å². The molecule has 1 heterocycles. The number of benzene rings is 3.